The number of hydrogen-bond donors (Lipinski definition) is 1. The first-order valence-corrected chi connectivity index (χ1v) is 9.80. The van der Waals surface area contributed by atoms with Crippen LogP contribution in [0.1, 0.15) is 34.6 Å². The molecule has 0 aliphatic carbocycles. The third kappa shape index (κ3) is 4.85. The molecular formula is C21H21N3O4S. The Morgan fingerprint density at radius 1 is 1.07 bits per heavy atom. The van der Waals surface area contributed by atoms with Crippen LogP contribution in [-0.2, 0) is 16.1 Å². The second kappa shape index (κ2) is 8.93. The van der Waals surface area contributed by atoms with Gasteiger partial charge < -0.3 is 14.6 Å². The van der Waals surface area contributed by atoms with Crippen molar-refractivity contribution in [1.29, 1.82) is 0 Å². The summed E-state index contributed by atoms with van der Waals surface area (Å²) in [6.07, 6.45) is 0. The summed E-state index contributed by atoms with van der Waals surface area (Å²) in [5.74, 6) is -0.597. The quantitative estimate of drug-likeness (QED) is 0.631. The number of carbonyl (C=O) groups is 3. The number of rotatable bonds is 6. The van der Waals surface area contributed by atoms with Crippen LogP contribution in [0.2, 0.25) is 0 Å². The summed E-state index contributed by atoms with van der Waals surface area (Å²) < 4.78 is 8.00. The van der Waals surface area contributed by atoms with Gasteiger partial charge in [-0.15, -0.1) is 0 Å². The number of hydrogen-bond acceptors (Lipinski definition) is 5. The summed E-state index contributed by atoms with van der Waals surface area (Å²) in [7, 11) is 1.61. The van der Waals surface area contributed by atoms with E-state index in [2.05, 4.69) is 10.3 Å². The number of thiazole rings is 1. The highest BCUT2D eigenvalue weighted by Crippen LogP contribution is 2.22. The molecule has 0 aliphatic heterocycles. The molecular weight excluding hydrogens is 390 g/mol. The molecule has 0 saturated carbocycles. The lowest BCUT2D eigenvalue weighted by atomic mass is 10.1. The molecule has 3 aromatic rings. The number of Topliss-reactive ketones (excluding diaryl/α,β-unsaturated/α-hetero) is 1. The third-order valence-electron chi connectivity index (χ3n) is 4.26. The fraction of sp³-hybridized carbons (Fsp3) is 0.238. The molecule has 8 heteroatoms. The van der Waals surface area contributed by atoms with Crippen molar-refractivity contribution in [2.45, 2.75) is 20.4 Å². The number of nitrogens with zero attached hydrogens (tertiary/aromatic N) is 2. The Morgan fingerprint density at radius 2 is 1.76 bits per heavy atom. The Hall–Kier alpha value is -3.10. The standard InChI is InChI=1S/C21H21N3O4S/c1-13(25)15-4-6-16(7-5-15)20(27)23-21-24(10-11-28-3)18-9-8-17(22-14(2)26)12-19(18)29-21/h4-9,12H,10-11H2,1-3H3,(H,22,26). The first-order valence-electron chi connectivity index (χ1n) is 8.99. The van der Waals surface area contributed by atoms with E-state index < -0.39 is 0 Å². The molecule has 0 aliphatic rings. The van der Waals surface area contributed by atoms with Crippen LogP contribution in [0.25, 0.3) is 10.2 Å². The van der Waals surface area contributed by atoms with Gasteiger partial charge >= 0.3 is 0 Å². The lowest BCUT2D eigenvalue weighted by Gasteiger charge is -2.05. The minimum absolute atomic E-state index is 0.0576. The average molecular weight is 411 g/mol. The molecule has 29 heavy (non-hydrogen) atoms. The van der Waals surface area contributed by atoms with Gasteiger partial charge in [-0.25, -0.2) is 0 Å². The third-order valence-corrected chi connectivity index (χ3v) is 5.30. The van der Waals surface area contributed by atoms with Gasteiger partial charge in [0.2, 0.25) is 5.91 Å². The number of benzene rings is 2. The maximum Gasteiger partial charge on any atom is 0.279 e. The molecule has 0 unspecified atom stereocenters. The molecule has 0 spiro atoms. The van der Waals surface area contributed by atoms with Crippen molar-refractivity contribution in [3.63, 3.8) is 0 Å². The highest BCUT2D eigenvalue weighted by atomic mass is 32.1. The van der Waals surface area contributed by atoms with Gasteiger partial charge in [0.25, 0.3) is 5.91 Å². The van der Waals surface area contributed by atoms with Crippen LogP contribution >= 0.6 is 11.3 Å². The average Bonchev–Trinajstić information content (AvgIpc) is 3.02. The molecule has 2 aromatic carbocycles. The highest BCUT2D eigenvalue weighted by Gasteiger charge is 2.11. The molecule has 3 rings (SSSR count). The summed E-state index contributed by atoms with van der Waals surface area (Å²) in [4.78, 5) is 40.2. The number of nitrogens with one attached hydrogen (secondary N) is 1. The van der Waals surface area contributed by atoms with Crippen LogP contribution < -0.4 is 10.1 Å². The van der Waals surface area contributed by atoms with Gasteiger partial charge in [0.15, 0.2) is 10.6 Å². The van der Waals surface area contributed by atoms with Gasteiger partial charge in [0.05, 0.1) is 16.8 Å². The van der Waals surface area contributed by atoms with Crippen molar-refractivity contribution in [1.82, 2.24) is 4.57 Å². The number of ketones is 1. The zero-order chi connectivity index (χ0) is 21.0. The molecule has 1 N–H and O–H groups in total. The topological polar surface area (TPSA) is 89.8 Å². The van der Waals surface area contributed by atoms with Crippen molar-refractivity contribution < 1.29 is 19.1 Å². The normalized spacial score (nSPS) is 11.6. The summed E-state index contributed by atoms with van der Waals surface area (Å²) in [6, 6.07) is 12.0. The summed E-state index contributed by atoms with van der Waals surface area (Å²) in [5, 5.41) is 2.76. The van der Waals surface area contributed by atoms with Crippen LogP contribution in [0.3, 0.4) is 0 Å². The predicted molar refractivity (Wildman–Crippen MR) is 112 cm³/mol. The number of amides is 2. The number of fused-ring (bicyclic) bond motifs is 1. The molecule has 0 fully saturated rings. The van der Waals surface area contributed by atoms with E-state index in [0.29, 0.717) is 34.8 Å². The summed E-state index contributed by atoms with van der Waals surface area (Å²) in [6.45, 7) is 3.93. The fourth-order valence-corrected chi connectivity index (χ4v) is 3.93. The molecule has 0 saturated heterocycles. The Kier molecular flexibility index (Phi) is 6.36. The lowest BCUT2D eigenvalue weighted by molar-refractivity contribution is -0.114. The van der Waals surface area contributed by atoms with E-state index >= 15 is 0 Å². The smallest absolute Gasteiger partial charge is 0.279 e. The van der Waals surface area contributed by atoms with E-state index in [1.165, 1.54) is 25.2 Å². The first-order chi connectivity index (χ1) is 13.9. The number of anilines is 1. The fourth-order valence-electron chi connectivity index (χ4n) is 2.84. The zero-order valence-electron chi connectivity index (χ0n) is 16.4. The van der Waals surface area contributed by atoms with Gasteiger partial charge in [-0.05, 0) is 37.3 Å². The number of aromatic nitrogens is 1. The molecule has 150 valence electrons. The second-order valence-electron chi connectivity index (χ2n) is 6.44. The van der Waals surface area contributed by atoms with Gasteiger partial charge in [-0.2, -0.15) is 4.99 Å². The molecule has 1 heterocycles. The number of ether oxygens (including phenoxy) is 1. The van der Waals surface area contributed by atoms with Crippen molar-refractivity contribution >= 4 is 44.8 Å². The molecule has 2 amide bonds. The minimum atomic E-state index is -0.389. The van der Waals surface area contributed by atoms with Crippen molar-refractivity contribution in [3.8, 4) is 0 Å². The van der Waals surface area contributed by atoms with Crippen molar-refractivity contribution in [3.05, 3.63) is 58.4 Å². The molecule has 0 atom stereocenters. The van der Waals surface area contributed by atoms with E-state index in [1.807, 2.05) is 22.8 Å². The maximum absolute atomic E-state index is 12.7. The molecule has 7 nitrogen and oxygen atoms in total. The van der Waals surface area contributed by atoms with Gasteiger partial charge in [-0.1, -0.05) is 23.5 Å². The van der Waals surface area contributed by atoms with Gasteiger partial charge in [0, 0.05) is 37.4 Å². The maximum atomic E-state index is 12.7. The predicted octanol–water partition coefficient (Wildman–Crippen LogP) is 3.25. The van der Waals surface area contributed by atoms with Crippen LogP contribution in [-0.4, -0.2) is 35.9 Å². The van der Waals surface area contributed by atoms with E-state index in [4.69, 9.17) is 4.74 Å². The van der Waals surface area contributed by atoms with E-state index in [-0.39, 0.29) is 17.6 Å². The van der Waals surface area contributed by atoms with E-state index in [1.54, 1.807) is 31.4 Å². The second-order valence-corrected chi connectivity index (χ2v) is 7.45. The van der Waals surface area contributed by atoms with E-state index in [0.717, 1.165) is 10.2 Å². The SMILES string of the molecule is COCCn1c(=NC(=O)c2ccc(C(C)=O)cc2)sc2cc(NC(C)=O)ccc21. The van der Waals surface area contributed by atoms with Gasteiger partial charge in [-0.3, -0.25) is 14.4 Å². The summed E-state index contributed by atoms with van der Waals surface area (Å²) in [5.41, 5.74) is 2.54. The van der Waals surface area contributed by atoms with Gasteiger partial charge in [0.1, 0.15) is 0 Å². The first kappa shape index (κ1) is 20.6. The van der Waals surface area contributed by atoms with Crippen LogP contribution in [0.15, 0.2) is 47.5 Å². The van der Waals surface area contributed by atoms with Crippen LogP contribution in [0.4, 0.5) is 5.69 Å². The Labute approximate surface area is 171 Å². The lowest BCUT2D eigenvalue weighted by Crippen LogP contribution is -2.19. The van der Waals surface area contributed by atoms with Crippen molar-refractivity contribution in [2.24, 2.45) is 4.99 Å². The Morgan fingerprint density at radius 3 is 2.38 bits per heavy atom. The number of methoxy groups -OCH3 is 1. The van der Waals surface area contributed by atoms with Crippen LogP contribution in [0.5, 0.6) is 0 Å². The van der Waals surface area contributed by atoms with Crippen molar-refractivity contribution in [2.75, 3.05) is 19.0 Å². The van der Waals surface area contributed by atoms with Crippen LogP contribution in [0, 0.1) is 0 Å². The largest absolute Gasteiger partial charge is 0.383 e. The van der Waals surface area contributed by atoms with E-state index in [9.17, 15) is 14.4 Å². The molecule has 0 bridgehead atoms. The molecule has 0 radical (unpaired) electrons. The molecule has 1 aromatic heterocycles. The Bertz CT molecular complexity index is 1140. The highest BCUT2D eigenvalue weighted by molar-refractivity contribution is 7.16. The zero-order valence-corrected chi connectivity index (χ0v) is 17.2. The Balaban J connectivity index is 2.04. The number of carbonyl (C=O) groups excluding carboxylic acids is 3. The summed E-state index contributed by atoms with van der Waals surface area (Å²) >= 11 is 1.36. The monoisotopic (exact) mass is 411 g/mol. The minimum Gasteiger partial charge on any atom is -0.383 e.